The third kappa shape index (κ3) is 2.80. The highest BCUT2D eigenvalue weighted by Crippen LogP contribution is 2.20. The second-order valence-electron chi connectivity index (χ2n) is 5.12. The fourth-order valence-corrected chi connectivity index (χ4v) is 2.48. The zero-order valence-electron chi connectivity index (χ0n) is 13.0. The van der Waals surface area contributed by atoms with Gasteiger partial charge in [0.2, 0.25) is 5.52 Å². The summed E-state index contributed by atoms with van der Waals surface area (Å²) in [4.78, 5) is 28.6. The van der Waals surface area contributed by atoms with Crippen LogP contribution in [0.15, 0.2) is 66.0 Å². The number of benzene rings is 2. The van der Waals surface area contributed by atoms with E-state index in [4.69, 9.17) is 4.84 Å². The van der Waals surface area contributed by atoms with Crippen LogP contribution in [-0.2, 0) is 0 Å². The van der Waals surface area contributed by atoms with Gasteiger partial charge < -0.3 is 10.0 Å². The molecule has 3 aromatic rings. The van der Waals surface area contributed by atoms with Crippen molar-refractivity contribution in [3.63, 3.8) is 0 Å². The third-order valence-electron chi connectivity index (χ3n) is 3.56. The van der Waals surface area contributed by atoms with E-state index in [2.05, 4.69) is 6.58 Å². The molecule has 126 valence electrons. The van der Waals surface area contributed by atoms with Crippen LogP contribution >= 0.6 is 0 Å². The summed E-state index contributed by atoms with van der Waals surface area (Å²) in [5.74, 6) is 0. The molecular formula is C17H13N3O5. The van der Waals surface area contributed by atoms with Gasteiger partial charge in [-0.1, -0.05) is 30.9 Å². The van der Waals surface area contributed by atoms with Gasteiger partial charge in [-0.15, -0.1) is 4.73 Å². The Morgan fingerprint density at radius 3 is 2.72 bits per heavy atom. The molecule has 0 amide bonds. The molecule has 8 nitrogen and oxygen atoms in total. The quantitative estimate of drug-likeness (QED) is 0.232. The minimum absolute atomic E-state index is 0.0567. The first-order valence-corrected chi connectivity index (χ1v) is 7.31. The molecule has 0 atom stereocenters. The van der Waals surface area contributed by atoms with E-state index >= 15 is 0 Å². The Hall–Kier alpha value is -3.68. The van der Waals surface area contributed by atoms with Crippen molar-refractivity contribution < 1.29 is 14.5 Å². The normalized spacial score (nSPS) is 10.6. The predicted molar refractivity (Wildman–Crippen MR) is 90.9 cm³/mol. The van der Waals surface area contributed by atoms with E-state index in [9.17, 15) is 20.1 Å². The topological polar surface area (TPSA) is 101 Å². The fraction of sp³-hybridized carbons (Fsp3) is 0.0588. The lowest BCUT2D eigenvalue weighted by atomic mass is 10.1. The molecule has 0 saturated heterocycles. The van der Waals surface area contributed by atoms with Crippen molar-refractivity contribution in [1.82, 2.24) is 4.73 Å². The lowest BCUT2D eigenvalue weighted by Gasteiger charge is -2.13. The molecule has 3 rings (SSSR count). The standard InChI is InChI=1S/C17H13N3O5/c1-2-10-25-19-15-9-4-3-8-14(15)18(22)16(17(19)21)12-6-5-7-13(11-12)20(23)24/h2-9,11H,1,10H2. The highest BCUT2D eigenvalue weighted by Gasteiger charge is 2.24. The monoisotopic (exact) mass is 339 g/mol. The molecule has 2 aromatic carbocycles. The number of hydrogen-bond donors (Lipinski definition) is 0. The molecular weight excluding hydrogens is 326 g/mol. The SMILES string of the molecule is C=CCOn1c(=O)c(-c2cccc([N+](=O)[O-])c2)[n+]([O-])c2ccccc21. The van der Waals surface area contributed by atoms with Gasteiger partial charge in [0.05, 0.1) is 10.5 Å². The zero-order chi connectivity index (χ0) is 18.0. The van der Waals surface area contributed by atoms with Gasteiger partial charge >= 0.3 is 5.56 Å². The summed E-state index contributed by atoms with van der Waals surface area (Å²) in [6, 6.07) is 11.8. The van der Waals surface area contributed by atoms with Crippen molar-refractivity contribution in [2.75, 3.05) is 6.61 Å². The van der Waals surface area contributed by atoms with E-state index in [1.807, 2.05) is 0 Å². The zero-order valence-corrected chi connectivity index (χ0v) is 13.0. The Morgan fingerprint density at radius 2 is 2.00 bits per heavy atom. The van der Waals surface area contributed by atoms with Crippen LogP contribution in [0.3, 0.4) is 0 Å². The van der Waals surface area contributed by atoms with E-state index in [1.165, 1.54) is 36.4 Å². The number of nitro benzene ring substituents is 1. The van der Waals surface area contributed by atoms with E-state index < -0.39 is 10.5 Å². The Kier molecular flexibility index (Phi) is 4.17. The molecule has 0 aliphatic carbocycles. The second-order valence-corrected chi connectivity index (χ2v) is 5.12. The average molecular weight is 339 g/mol. The number of fused-ring (bicyclic) bond motifs is 1. The first kappa shape index (κ1) is 16.2. The summed E-state index contributed by atoms with van der Waals surface area (Å²) < 4.78 is 1.46. The highest BCUT2D eigenvalue weighted by atomic mass is 16.7. The molecule has 0 radical (unpaired) electrons. The van der Waals surface area contributed by atoms with Gasteiger partial charge in [0.25, 0.3) is 11.4 Å². The van der Waals surface area contributed by atoms with Gasteiger partial charge in [-0.3, -0.25) is 14.9 Å². The lowest BCUT2D eigenvalue weighted by Crippen LogP contribution is -2.42. The third-order valence-corrected chi connectivity index (χ3v) is 3.56. The van der Waals surface area contributed by atoms with Crippen molar-refractivity contribution in [3.8, 4) is 11.3 Å². The van der Waals surface area contributed by atoms with E-state index in [0.29, 0.717) is 10.2 Å². The van der Waals surface area contributed by atoms with Gasteiger partial charge in [0, 0.05) is 18.2 Å². The molecule has 8 heteroatoms. The molecule has 0 fully saturated rings. The van der Waals surface area contributed by atoms with Crippen molar-refractivity contribution in [3.05, 3.63) is 86.9 Å². The Morgan fingerprint density at radius 1 is 1.24 bits per heavy atom. The second kappa shape index (κ2) is 6.44. The maximum absolute atomic E-state index is 12.8. The summed E-state index contributed by atoms with van der Waals surface area (Å²) in [7, 11) is 0. The van der Waals surface area contributed by atoms with Crippen LogP contribution in [0.25, 0.3) is 22.3 Å². The van der Waals surface area contributed by atoms with Gasteiger partial charge in [0.15, 0.2) is 5.52 Å². The van der Waals surface area contributed by atoms with Crippen LogP contribution in [0.2, 0.25) is 0 Å². The van der Waals surface area contributed by atoms with Crippen LogP contribution in [0.1, 0.15) is 0 Å². The van der Waals surface area contributed by atoms with Crippen molar-refractivity contribution >= 4 is 16.7 Å². The number of non-ortho nitro benzene ring substituents is 1. The summed E-state index contributed by atoms with van der Waals surface area (Å²) in [6.45, 7) is 3.59. The molecule has 0 bridgehead atoms. The van der Waals surface area contributed by atoms with Gasteiger partial charge in [-0.25, -0.2) is 0 Å². The largest absolute Gasteiger partial charge is 0.618 e. The highest BCUT2D eigenvalue weighted by molar-refractivity contribution is 5.73. The maximum atomic E-state index is 12.8. The number of rotatable bonds is 5. The molecule has 1 heterocycles. The van der Waals surface area contributed by atoms with E-state index in [1.54, 1.807) is 18.2 Å². The van der Waals surface area contributed by atoms with E-state index in [-0.39, 0.29) is 29.1 Å². The minimum Gasteiger partial charge on any atom is -0.618 e. The number of aromatic nitrogens is 2. The first-order chi connectivity index (χ1) is 12.0. The number of hydrogen-bond acceptors (Lipinski definition) is 5. The summed E-state index contributed by atoms with van der Waals surface area (Å²) in [6.07, 6.45) is 1.46. The van der Waals surface area contributed by atoms with Crippen LogP contribution in [0.4, 0.5) is 5.69 Å². The maximum Gasteiger partial charge on any atom is 0.357 e. The summed E-state index contributed by atoms with van der Waals surface area (Å²) in [5.41, 5.74) is -0.562. The molecule has 0 aliphatic rings. The van der Waals surface area contributed by atoms with Crippen LogP contribution in [0.5, 0.6) is 0 Å². The number of nitro groups is 1. The Bertz CT molecular complexity index is 1040. The average Bonchev–Trinajstić information content (AvgIpc) is 2.62. The number of nitrogens with zero attached hydrogens (tertiary/aromatic N) is 3. The van der Waals surface area contributed by atoms with Crippen LogP contribution < -0.4 is 15.1 Å². The molecule has 0 saturated carbocycles. The molecule has 0 unspecified atom stereocenters. The van der Waals surface area contributed by atoms with Crippen LogP contribution in [0, 0.1) is 15.3 Å². The van der Waals surface area contributed by atoms with Gasteiger partial charge in [-0.2, -0.15) is 4.73 Å². The summed E-state index contributed by atoms with van der Waals surface area (Å²) in [5, 5.41) is 23.7. The Balaban J connectivity index is 2.35. The number of para-hydroxylation sites is 2. The Labute approximate surface area is 141 Å². The smallest absolute Gasteiger partial charge is 0.357 e. The lowest BCUT2D eigenvalue weighted by molar-refractivity contribution is -0.566. The molecule has 0 N–H and O–H groups in total. The minimum atomic E-state index is -0.712. The van der Waals surface area contributed by atoms with Gasteiger partial charge in [-0.05, 0) is 12.1 Å². The molecule has 0 spiro atoms. The van der Waals surface area contributed by atoms with Crippen molar-refractivity contribution in [2.45, 2.75) is 0 Å². The first-order valence-electron chi connectivity index (χ1n) is 7.31. The van der Waals surface area contributed by atoms with Crippen molar-refractivity contribution in [2.24, 2.45) is 0 Å². The predicted octanol–water partition coefficient (Wildman–Crippen LogP) is 1.82. The van der Waals surface area contributed by atoms with Gasteiger partial charge in [0.1, 0.15) is 6.61 Å². The molecule has 0 aliphatic heterocycles. The fourth-order valence-electron chi connectivity index (χ4n) is 2.48. The molecule has 25 heavy (non-hydrogen) atoms. The van der Waals surface area contributed by atoms with Crippen LogP contribution in [-0.4, -0.2) is 16.3 Å². The van der Waals surface area contributed by atoms with Crippen molar-refractivity contribution in [1.29, 1.82) is 0 Å². The van der Waals surface area contributed by atoms with E-state index in [0.717, 1.165) is 4.73 Å². The summed E-state index contributed by atoms with van der Waals surface area (Å²) >= 11 is 0. The molecule has 1 aromatic heterocycles.